The lowest BCUT2D eigenvalue weighted by molar-refractivity contribution is -0.153. The average molecular weight is 497 g/mol. The van der Waals surface area contributed by atoms with Crippen LogP contribution in [0.25, 0.3) is 0 Å². The number of likely N-dealkylation sites (tertiary alicyclic amines) is 1. The number of rotatable bonds is 6. The Kier molecular flexibility index (Phi) is 8.31. The zero-order chi connectivity index (χ0) is 23.4. The summed E-state index contributed by atoms with van der Waals surface area (Å²) in [6, 6.07) is 21.0. The van der Waals surface area contributed by atoms with Crippen LogP contribution in [0.3, 0.4) is 0 Å². The van der Waals surface area contributed by atoms with Crippen LogP contribution in [0.5, 0.6) is 0 Å². The number of nitrogens with zero attached hydrogens (tertiary/aromatic N) is 2. The minimum atomic E-state index is -0.453. The lowest BCUT2D eigenvalue weighted by Gasteiger charge is -2.37. The summed E-state index contributed by atoms with van der Waals surface area (Å²) in [4.78, 5) is 29.5. The molecule has 35 heavy (non-hydrogen) atoms. The number of imide groups is 1. The van der Waals surface area contributed by atoms with Crippen molar-refractivity contribution in [2.75, 3.05) is 32.8 Å². The average Bonchev–Trinajstić information content (AvgIpc) is 3.18. The highest BCUT2D eigenvalue weighted by Crippen LogP contribution is 2.47. The van der Waals surface area contributed by atoms with Crippen LogP contribution < -0.4 is 0 Å². The molecule has 0 N–H and O–H groups in total. The van der Waals surface area contributed by atoms with E-state index in [0.717, 1.165) is 58.2 Å². The molecule has 3 aliphatic rings. The van der Waals surface area contributed by atoms with Crippen molar-refractivity contribution < 1.29 is 14.3 Å². The van der Waals surface area contributed by atoms with Gasteiger partial charge < -0.3 is 9.64 Å². The third kappa shape index (κ3) is 5.47. The van der Waals surface area contributed by atoms with Crippen molar-refractivity contribution in [2.45, 2.75) is 57.0 Å². The Balaban J connectivity index is 0.00000289. The molecule has 2 amide bonds. The van der Waals surface area contributed by atoms with Gasteiger partial charge in [0.15, 0.2) is 0 Å². The minimum absolute atomic E-state index is 0. The van der Waals surface area contributed by atoms with Gasteiger partial charge in [-0.1, -0.05) is 73.5 Å². The molecule has 5 rings (SSSR count). The van der Waals surface area contributed by atoms with E-state index < -0.39 is 5.60 Å². The molecule has 2 aromatic rings. The molecular formula is C29H37ClN2O3. The Hall–Kier alpha value is -2.21. The van der Waals surface area contributed by atoms with Crippen molar-refractivity contribution >= 4 is 24.2 Å². The molecule has 2 aromatic carbocycles. The Morgan fingerprint density at radius 1 is 0.743 bits per heavy atom. The summed E-state index contributed by atoms with van der Waals surface area (Å²) in [5, 5.41) is 0. The van der Waals surface area contributed by atoms with E-state index in [-0.39, 0.29) is 29.6 Å². The first-order valence-corrected chi connectivity index (χ1v) is 12.9. The monoisotopic (exact) mass is 496 g/mol. The van der Waals surface area contributed by atoms with Crippen LogP contribution >= 0.6 is 12.4 Å². The Bertz CT molecular complexity index is 932. The Labute approximate surface area is 215 Å². The summed E-state index contributed by atoms with van der Waals surface area (Å²) in [5.74, 6) is 0.0917. The van der Waals surface area contributed by atoms with E-state index in [9.17, 15) is 9.59 Å². The molecule has 1 spiro atoms. The summed E-state index contributed by atoms with van der Waals surface area (Å²) in [6.07, 6.45) is 7.20. The molecule has 1 saturated carbocycles. The first-order valence-electron chi connectivity index (χ1n) is 12.9. The first-order chi connectivity index (χ1) is 16.6. The van der Waals surface area contributed by atoms with Crippen molar-refractivity contribution in [3.05, 3.63) is 71.8 Å². The van der Waals surface area contributed by atoms with E-state index in [1.807, 2.05) is 12.1 Å². The maximum atomic E-state index is 12.8. The fourth-order valence-electron chi connectivity index (χ4n) is 6.32. The number of hydrogen-bond donors (Lipinski definition) is 0. The van der Waals surface area contributed by atoms with E-state index in [1.54, 1.807) is 0 Å². The zero-order valence-corrected chi connectivity index (χ0v) is 21.3. The van der Waals surface area contributed by atoms with E-state index in [4.69, 9.17) is 4.74 Å². The van der Waals surface area contributed by atoms with Crippen molar-refractivity contribution in [3.8, 4) is 0 Å². The molecule has 2 heterocycles. The van der Waals surface area contributed by atoms with Gasteiger partial charge in [0, 0.05) is 32.5 Å². The minimum Gasteiger partial charge on any atom is -0.364 e. The highest BCUT2D eigenvalue weighted by atomic mass is 35.5. The summed E-state index contributed by atoms with van der Waals surface area (Å²) in [5.41, 5.74) is 1.90. The van der Waals surface area contributed by atoms with Gasteiger partial charge in [-0.3, -0.25) is 14.5 Å². The normalized spacial score (nSPS) is 22.1. The standard InChI is InChI=1S/C29H36N2O3.ClH/c32-26-22-28(14-7-8-15-28)23-27(33)31(26)18-9-17-30-19-16-29(34-21-20-30,24-10-3-1-4-11-24)25-12-5-2-6-13-25;/h1-6,10-13H,7-9,14-23H2;1H. The second-order valence-electron chi connectivity index (χ2n) is 10.4. The molecule has 0 unspecified atom stereocenters. The van der Waals surface area contributed by atoms with Crippen LogP contribution in [-0.4, -0.2) is 54.4 Å². The van der Waals surface area contributed by atoms with E-state index in [1.165, 1.54) is 16.0 Å². The van der Waals surface area contributed by atoms with Crippen LogP contribution in [-0.2, 0) is 19.9 Å². The molecular weight excluding hydrogens is 460 g/mol. The fourth-order valence-corrected chi connectivity index (χ4v) is 6.32. The van der Waals surface area contributed by atoms with E-state index in [2.05, 4.69) is 53.4 Å². The summed E-state index contributed by atoms with van der Waals surface area (Å²) in [6.45, 7) is 3.81. The van der Waals surface area contributed by atoms with Crippen molar-refractivity contribution in [2.24, 2.45) is 5.41 Å². The van der Waals surface area contributed by atoms with Crippen LogP contribution in [0.4, 0.5) is 0 Å². The topological polar surface area (TPSA) is 49.9 Å². The van der Waals surface area contributed by atoms with Crippen molar-refractivity contribution in [3.63, 3.8) is 0 Å². The lowest BCUT2D eigenvalue weighted by atomic mass is 9.76. The summed E-state index contributed by atoms with van der Waals surface area (Å²) >= 11 is 0. The van der Waals surface area contributed by atoms with Crippen LogP contribution in [0.1, 0.15) is 62.5 Å². The number of carbonyl (C=O) groups excluding carboxylic acids is 2. The Morgan fingerprint density at radius 3 is 1.89 bits per heavy atom. The number of carbonyl (C=O) groups is 2. The van der Waals surface area contributed by atoms with Gasteiger partial charge in [0.1, 0.15) is 5.60 Å². The molecule has 2 saturated heterocycles. The zero-order valence-electron chi connectivity index (χ0n) is 20.5. The number of halogens is 1. The molecule has 6 heteroatoms. The summed E-state index contributed by atoms with van der Waals surface area (Å²) < 4.78 is 6.62. The number of ether oxygens (including phenoxy) is 1. The van der Waals surface area contributed by atoms with E-state index in [0.29, 0.717) is 26.0 Å². The lowest BCUT2D eigenvalue weighted by Crippen LogP contribution is -2.48. The highest BCUT2D eigenvalue weighted by Gasteiger charge is 2.45. The smallest absolute Gasteiger partial charge is 0.229 e. The maximum Gasteiger partial charge on any atom is 0.229 e. The van der Waals surface area contributed by atoms with Crippen molar-refractivity contribution in [1.29, 1.82) is 0 Å². The number of hydrogen-bond acceptors (Lipinski definition) is 4. The molecule has 0 radical (unpaired) electrons. The van der Waals surface area contributed by atoms with Gasteiger partial charge >= 0.3 is 0 Å². The molecule has 1 aliphatic carbocycles. The SMILES string of the molecule is Cl.O=C1CC2(CCCC2)CC(=O)N1CCCN1CCOC(c2ccccc2)(c2ccccc2)CC1. The van der Waals surface area contributed by atoms with Gasteiger partial charge in [-0.15, -0.1) is 12.4 Å². The predicted molar refractivity (Wildman–Crippen MR) is 139 cm³/mol. The molecule has 0 atom stereocenters. The summed E-state index contributed by atoms with van der Waals surface area (Å²) in [7, 11) is 0. The van der Waals surface area contributed by atoms with Gasteiger partial charge in [-0.05, 0) is 48.8 Å². The Morgan fingerprint density at radius 2 is 1.31 bits per heavy atom. The van der Waals surface area contributed by atoms with Crippen molar-refractivity contribution in [1.82, 2.24) is 9.80 Å². The highest BCUT2D eigenvalue weighted by molar-refractivity contribution is 5.98. The second-order valence-corrected chi connectivity index (χ2v) is 10.4. The number of benzene rings is 2. The third-order valence-corrected chi connectivity index (χ3v) is 8.19. The molecule has 2 aliphatic heterocycles. The largest absolute Gasteiger partial charge is 0.364 e. The van der Waals surface area contributed by atoms with Gasteiger partial charge in [-0.25, -0.2) is 0 Å². The molecule has 3 fully saturated rings. The van der Waals surface area contributed by atoms with Gasteiger partial charge in [0.2, 0.25) is 11.8 Å². The predicted octanol–water partition coefficient (Wildman–Crippen LogP) is 5.17. The number of amides is 2. The van der Waals surface area contributed by atoms with Gasteiger partial charge in [0.25, 0.3) is 0 Å². The van der Waals surface area contributed by atoms with E-state index >= 15 is 0 Å². The van der Waals surface area contributed by atoms with Gasteiger partial charge in [0.05, 0.1) is 6.61 Å². The molecule has 5 nitrogen and oxygen atoms in total. The fraction of sp³-hybridized carbons (Fsp3) is 0.517. The molecule has 0 aromatic heterocycles. The maximum absolute atomic E-state index is 12.8. The molecule has 188 valence electrons. The van der Waals surface area contributed by atoms with Gasteiger partial charge in [-0.2, -0.15) is 0 Å². The molecule has 0 bridgehead atoms. The van der Waals surface area contributed by atoms with Crippen LogP contribution in [0.2, 0.25) is 0 Å². The van der Waals surface area contributed by atoms with Crippen LogP contribution in [0, 0.1) is 5.41 Å². The second kappa shape index (κ2) is 11.2. The first kappa shape index (κ1) is 25.9. The quantitative estimate of drug-likeness (QED) is 0.517. The third-order valence-electron chi connectivity index (χ3n) is 8.19. The van der Waals surface area contributed by atoms with Crippen LogP contribution in [0.15, 0.2) is 60.7 Å². The number of piperidine rings is 1.